The van der Waals surface area contributed by atoms with Gasteiger partial charge in [-0.1, -0.05) is 65.8 Å². The van der Waals surface area contributed by atoms with Crippen LogP contribution in [0, 0.1) is 0 Å². The molecule has 2 heterocycles. The molecule has 186 valence electrons. The molecule has 11 heteroatoms. The number of thioether (sulfide) groups is 1. The summed E-state index contributed by atoms with van der Waals surface area (Å²) in [5, 5.41) is 14.5. The highest BCUT2D eigenvalue weighted by atomic mass is 35.5. The number of amides is 1. The summed E-state index contributed by atoms with van der Waals surface area (Å²) in [7, 11) is 1.80. The molecule has 1 N–H and O–H groups in total. The molecule has 0 saturated heterocycles. The van der Waals surface area contributed by atoms with Crippen molar-refractivity contribution in [3.63, 3.8) is 0 Å². The van der Waals surface area contributed by atoms with Crippen molar-refractivity contribution >= 4 is 51.6 Å². The number of rotatable bonds is 10. The fraction of sp³-hybridized carbons (Fsp3) is 0.200. The number of nitrogens with one attached hydrogen (secondary N) is 1. The van der Waals surface area contributed by atoms with Crippen molar-refractivity contribution in [2.45, 2.75) is 18.7 Å². The van der Waals surface area contributed by atoms with E-state index in [1.54, 1.807) is 30.7 Å². The minimum atomic E-state index is -0.475. The summed E-state index contributed by atoms with van der Waals surface area (Å²) in [6.45, 7) is 2.16. The Bertz CT molecular complexity index is 1360. The molecule has 0 aliphatic carbocycles. The number of hydrogen-bond acceptors (Lipinski definition) is 8. The molecule has 0 aliphatic rings. The predicted molar refractivity (Wildman–Crippen MR) is 142 cm³/mol. The Morgan fingerprint density at radius 3 is 2.61 bits per heavy atom. The first kappa shape index (κ1) is 25.7. The van der Waals surface area contributed by atoms with Crippen molar-refractivity contribution < 1.29 is 19.1 Å². The van der Waals surface area contributed by atoms with E-state index in [9.17, 15) is 9.59 Å². The van der Waals surface area contributed by atoms with Gasteiger partial charge in [0.15, 0.2) is 11.0 Å². The summed E-state index contributed by atoms with van der Waals surface area (Å²) in [6, 6.07) is 16.7. The number of aromatic nitrogens is 3. The van der Waals surface area contributed by atoms with Gasteiger partial charge in [-0.2, -0.15) is 0 Å². The number of carbonyl (C=O) groups is 2. The molecular weight excluding hydrogens is 520 g/mol. The van der Waals surface area contributed by atoms with Gasteiger partial charge in [0.2, 0.25) is 5.91 Å². The number of anilines is 1. The van der Waals surface area contributed by atoms with Crippen LogP contribution < -0.4 is 10.1 Å². The van der Waals surface area contributed by atoms with E-state index in [1.165, 1.54) is 23.1 Å². The second kappa shape index (κ2) is 12.1. The lowest BCUT2D eigenvalue weighted by Gasteiger charge is -2.09. The number of ether oxygens (including phenoxy) is 2. The summed E-state index contributed by atoms with van der Waals surface area (Å²) < 4.78 is 12.7. The number of hydrogen-bond donors (Lipinski definition) is 1. The predicted octanol–water partition coefficient (Wildman–Crippen LogP) is 5.68. The van der Waals surface area contributed by atoms with Gasteiger partial charge in [0.1, 0.15) is 22.9 Å². The van der Waals surface area contributed by atoms with E-state index >= 15 is 0 Å². The second-order valence-electron chi connectivity index (χ2n) is 7.45. The summed E-state index contributed by atoms with van der Waals surface area (Å²) in [6.07, 6.45) is 0. The van der Waals surface area contributed by atoms with E-state index in [0.29, 0.717) is 32.3 Å². The Kier molecular flexibility index (Phi) is 8.63. The molecule has 0 atom stereocenters. The van der Waals surface area contributed by atoms with Crippen LogP contribution in [0.3, 0.4) is 0 Å². The minimum absolute atomic E-state index is 0.0815. The summed E-state index contributed by atoms with van der Waals surface area (Å²) in [5.41, 5.74) is 1.94. The molecule has 2 aromatic carbocycles. The summed E-state index contributed by atoms with van der Waals surface area (Å²) in [4.78, 5) is 25.5. The highest BCUT2D eigenvalue weighted by Gasteiger charge is 2.23. The average molecular weight is 543 g/mol. The lowest BCUT2D eigenvalue weighted by molar-refractivity contribution is -0.113. The molecule has 0 radical (unpaired) electrons. The van der Waals surface area contributed by atoms with Crippen LogP contribution in [0.1, 0.15) is 23.1 Å². The van der Waals surface area contributed by atoms with Gasteiger partial charge < -0.3 is 19.4 Å². The maximum Gasteiger partial charge on any atom is 0.341 e. The topological polar surface area (TPSA) is 95.3 Å². The smallest absolute Gasteiger partial charge is 0.341 e. The normalized spacial score (nSPS) is 10.8. The third kappa shape index (κ3) is 6.07. The number of halogens is 1. The van der Waals surface area contributed by atoms with Gasteiger partial charge in [0.05, 0.1) is 17.4 Å². The maximum absolute atomic E-state index is 12.8. The molecule has 0 bridgehead atoms. The Hall–Kier alpha value is -3.34. The Morgan fingerprint density at radius 2 is 1.86 bits per heavy atom. The monoisotopic (exact) mass is 542 g/mol. The number of para-hydroxylation sites is 1. The number of esters is 1. The van der Waals surface area contributed by atoms with Crippen LogP contribution in [0.15, 0.2) is 65.1 Å². The number of nitrogens with zero attached hydrogens (tertiary/aromatic N) is 3. The lowest BCUT2D eigenvalue weighted by atomic mass is 10.0. The molecule has 0 saturated carbocycles. The van der Waals surface area contributed by atoms with Crippen LogP contribution in [0.5, 0.6) is 5.75 Å². The molecule has 1 amide bonds. The molecular formula is C25H23ClN4O4S2. The zero-order valence-electron chi connectivity index (χ0n) is 19.6. The average Bonchev–Trinajstić information content (AvgIpc) is 3.46. The van der Waals surface area contributed by atoms with E-state index in [1.807, 2.05) is 47.8 Å². The molecule has 0 spiro atoms. The van der Waals surface area contributed by atoms with Crippen molar-refractivity contribution in [1.29, 1.82) is 0 Å². The zero-order chi connectivity index (χ0) is 25.5. The fourth-order valence-corrected chi connectivity index (χ4v) is 5.17. The Morgan fingerprint density at radius 1 is 1.11 bits per heavy atom. The van der Waals surface area contributed by atoms with E-state index in [4.69, 9.17) is 21.1 Å². The zero-order valence-corrected chi connectivity index (χ0v) is 22.0. The van der Waals surface area contributed by atoms with E-state index < -0.39 is 5.97 Å². The first-order valence-corrected chi connectivity index (χ1v) is 13.2. The molecule has 0 fully saturated rings. The van der Waals surface area contributed by atoms with Crippen molar-refractivity contribution in [1.82, 2.24) is 14.8 Å². The van der Waals surface area contributed by atoms with E-state index in [-0.39, 0.29) is 24.9 Å². The first-order valence-electron chi connectivity index (χ1n) is 11.0. The van der Waals surface area contributed by atoms with Crippen molar-refractivity contribution in [3.05, 3.63) is 76.4 Å². The molecule has 8 nitrogen and oxygen atoms in total. The number of benzene rings is 2. The molecule has 0 aliphatic heterocycles. The fourth-order valence-electron chi connectivity index (χ4n) is 3.28. The first-order chi connectivity index (χ1) is 17.5. The van der Waals surface area contributed by atoms with Gasteiger partial charge in [0, 0.05) is 18.0 Å². The number of thiophene rings is 1. The third-order valence-corrected chi connectivity index (χ3v) is 7.29. The minimum Gasteiger partial charge on any atom is -0.484 e. The van der Waals surface area contributed by atoms with Crippen molar-refractivity contribution in [2.24, 2.45) is 7.05 Å². The van der Waals surface area contributed by atoms with Crippen molar-refractivity contribution in [3.8, 4) is 16.9 Å². The highest BCUT2D eigenvalue weighted by molar-refractivity contribution is 7.99. The van der Waals surface area contributed by atoms with Gasteiger partial charge in [-0.3, -0.25) is 4.79 Å². The van der Waals surface area contributed by atoms with Gasteiger partial charge in [-0.05, 0) is 24.6 Å². The lowest BCUT2D eigenvalue weighted by Crippen LogP contribution is -2.16. The second-order valence-corrected chi connectivity index (χ2v) is 9.68. The molecule has 4 rings (SSSR count). The van der Waals surface area contributed by atoms with Crippen LogP contribution in [-0.4, -0.2) is 39.0 Å². The quantitative estimate of drug-likeness (QED) is 0.203. The maximum atomic E-state index is 12.8. The van der Waals surface area contributed by atoms with Gasteiger partial charge in [0.25, 0.3) is 0 Å². The standard InChI is InChI=1S/C25H23ClN4O4S2/c1-3-33-24(32)22-17(16-9-5-4-6-10-16)14-35-23(22)27-21(31)15-36-25-29-28-20(30(25)2)13-34-19-12-8-7-11-18(19)26/h4-12,14H,3,13,15H2,1-2H3,(H,27,31). The molecule has 4 aromatic rings. The Labute approximate surface area is 221 Å². The molecule has 36 heavy (non-hydrogen) atoms. The van der Waals surface area contributed by atoms with Crippen molar-refractivity contribution in [2.75, 3.05) is 17.7 Å². The van der Waals surface area contributed by atoms with Crippen LogP contribution in [0.25, 0.3) is 11.1 Å². The van der Waals surface area contributed by atoms with Crippen LogP contribution in [0.2, 0.25) is 5.02 Å². The van der Waals surface area contributed by atoms with E-state index in [2.05, 4.69) is 15.5 Å². The highest BCUT2D eigenvalue weighted by Crippen LogP contribution is 2.36. The third-order valence-electron chi connectivity index (χ3n) is 5.06. The van der Waals surface area contributed by atoms with Gasteiger partial charge in [-0.15, -0.1) is 21.5 Å². The molecule has 2 aromatic heterocycles. The summed E-state index contributed by atoms with van der Waals surface area (Å²) in [5.74, 6) is 0.478. The van der Waals surface area contributed by atoms with Crippen LogP contribution >= 0.6 is 34.7 Å². The largest absolute Gasteiger partial charge is 0.484 e. The Balaban J connectivity index is 1.41. The van der Waals surface area contributed by atoms with E-state index in [0.717, 1.165) is 11.1 Å². The van der Waals surface area contributed by atoms with Gasteiger partial charge in [-0.25, -0.2) is 4.79 Å². The molecule has 0 unspecified atom stereocenters. The number of carbonyl (C=O) groups excluding carboxylic acids is 2. The van der Waals surface area contributed by atoms with Gasteiger partial charge >= 0.3 is 5.97 Å². The SMILES string of the molecule is CCOC(=O)c1c(-c2ccccc2)csc1NC(=O)CSc1nnc(COc2ccccc2Cl)n1C. The summed E-state index contributed by atoms with van der Waals surface area (Å²) >= 11 is 8.64. The van der Waals surface area contributed by atoms with Crippen LogP contribution in [0.4, 0.5) is 5.00 Å². The van der Waals surface area contributed by atoms with Crippen LogP contribution in [-0.2, 0) is 23.2 Å².